The molecule has 82 valence electrons. The molecular weight excluding hydrogens is 202 g/mol. The van der Waals surface area contributed by atoms with Crippen LogP contribution in [0.5, 0.6) is 5.75 Å². The van der Waals surface area contributed by atoms with E-state index in [1.807, 2.05) is 12.1 Å². The molecule has 1 fully saturated rings. The fourth-order valence-corrected chi connectivity index (χ4v) is 1.91. The molecule has 3 heteroatoms. The molecule has 3 rings (SSSR count). The minimum Gasteiger partial charge on any atom is -0.508 e. The zero-order valence-corrected chi connectivity index (χ0v) is 8.89. The van der Waals surface area contributed by atoms with Crippen LogP contribution in [0.4, 0.5) is 0 Å². The topological polar surface area (TPSA) is 46.3 Å². The molecule has 0 amide bonds. The van der Waals surface area contributed by atoms with Gasteiger partial charge in [-0.3, -0.25) is 0 Å². The van der Waals surface area contributed by atoms with Gasteiger partial charge in [0.15, 0.2) is 0 Å². The van der Waals surface area contributed by atoms with Crippen molar-refractivity contribution in [3.05, 3.63) is 36.2 Å². The Labute approximate surface area is 93.8 Å². The summed E-state index contributed by atoms with van der Waals surface area (Å²) in [5.74, 6) is 1.49. The zero-order valence-electron chi connectivity index (χ0n) is 8.89. The molecule has 1 aromatic carbocycles. The van der Waals surface area contributed by atoms with Crippen LogP contribution in [0.25, 0.3) is 11.5 Å². The van der Waals surface area contributed by atoms with Gasteiger partial charge in [-0.2, -0.15) is 0 Å². The summed E-state index contributed by atoms with van der Waals surface area (Å²) >= 11 is 0. The van der Waals surface area contributed by atoms with E-state index in [2.05, 4.69) is 4.98 Å². The number of hydrogen-bond donors (Lipinski definition) is 1. The van der Waals surface area contributed by atoms with E-state index in [4.69, 9.17) is 4.42 Å². The van der Waals surface area contributed by atoms with Crippen molar-refractivity contribution in [1.82, 2.24) is 4.98 Å². The number of oxazole rings is 1. The van der Waals surface area contributed by atoms with Gasteiger partial charge in [0.05, 0.1) is 5.69 Å². The Hall–Kier alpha value is -1.77. The van der Waals surface area contributed by atoms with E-state index in [0.29, 0.717) is 11.8 Å². The molecule has 1 aliphatic rings. The van der Waals surface area contributed by atoms with Crippen molar-refractivity contribution < 1.29 is 9.52 Å². The Balaban J connectivity index is 1.88. The number of phenolic OH excluding ortho intramolecular Hbond substituents is 1. The van der Waals surface area contributed by atoms with Crippen molar-refractivity contribution in [3.63, 3.8) is 0 Å². The standard InChI is InChI=1S/C13H13NO2/c15-11-6-4-10(5-7-11)13-14-12(8-16-13)9-2-1-3-9/h4-9,15H,1-3H2. The van der Waals surface area contributed by atoms with Gasteiger partial charge in [-0.15, -0.1) is 0 Å². The van der Waals surface area contributed by atoms with Crippen LogP contribution < -0.4 is 0 Å². The van der Waals surface area contributed by atoms with Crippen LogP contribution in [0, 0.1) is 0 Å². The van der Waals surface area contributed by atoms with Crippen molar-refractivity contribution in [2.75, 3.05) is 0 Å². The molecule has 1 aromatic heterocycles. The Morgan fingerprint density at radius 1 is 1.19 bits per heavy atom. The summed E-state index contributed by atoms with van der Waals surface area (Å²) in [6, 6.07) is 6.91. The lowest BCUT2D eigenvalue weighted by molar-refractivity contribution is 0.409. The second kappa shape index (κ2) is 3.67. The highest BCUT2D eigenvalue weighted by Gasteiger charge is 2.23. The maximum absolute atomic E-state index is 9.19. The molecule has 0 unspecified atom stereocenters. The molecule has 3 nitrogen and oxygen atoms in total. The van der Waals surface area contributed by atoms with E-state index >= 15 is 0 Å². The zero-order chi connectivity index (χ0) is 11.0. The molecule has 0 radical (unpaired) electrons. The first-order chi connectivity index (χ1) is 7.83. The first kappa shape index (κ1) is 9.46. The van der Waals surface area contributed by atoms with Gasteiger partial charge in [-0.05, 0) is 37.1 Å². The molecule has 1 aliphatic carbocycles. The van der Waals surface area contributed by atoms with E-state index in [-0.39, 0.29) is 5.75 Å². The van der Waals surface area contributed by atoms with Gasteiger partial charge in [0.1, 0.15) is 12.0 Å². The summed E-state index contributed by atoms with van der Waals surface area (Å²) < 4.78 is 5.45. The van der Waals surface area contributed by atoms with Crippen LogP contribution in [0.3, 0.4) is 0 Å². The molecule has 2 aromatic rings. The number of hydrogen-bond acceptors (Lipinski definition) is 3. The van der Waals surface area contributed by atoms with Crippen molar-refractivity contribution in [1.29, 1.82) is 0 Å². The quantitative estimate of drug-likeness (QED) is 0.835. The summed E-state index contributed by atoms with van der Waals surface area (Å²) in [6.45, 7) is 0. The average molecular weight is 215 g/mol. The van der Waals surface area contributed by atoms with Crippen molar-refractivity contribution in [3.8, 4) is 17.2 Å². The second-order valence-corrected chi connectivity index (χ2v) is 4.25. The first-order valence-corrected chi connectivity index (χ1v) is 5.58. The molecule has 16 heavy (non-hydrogen) atoms. The highest BCUT2D eigenvalue weighted by Crippen LogP contribution is 2.36. The van der Waals surface area contributed by atoms with Crippen LogP contribution >= 0.6 is 0 Å². The molecule has 1 N–H and O–H groups in total. The Bertz CT molecular complexity index is 483. The normalized spacial score (nSPS) is 16.0. The maximum atomic E-state index is 9.19. The number of phenols is 1. The van der Waals surface area contributed by atoms with Crippen molar-refractivity contribution in [2.45, 2.75) is 25.2 Å². The highest BCUT2D eigenvalue weighted by atomic mass is 16.3. The number of aromatic nitrogens is 1. The second-order valence-electron chi connectivity index (χ2n) is 4.25. The van der Waals surface area contributed by atoms with Crippen LogP contribution in [-0.2, 0) is 0 Å². The Morgan fingerprint density at radius 3 is 2.56 bits per heavy atom. The maximum Gasteiger partial charge on any atom is 0.226 e. The summed E-state index contributed by atoms with van der Waals surface area (Å²) in [5, 5.41) is 9.19. The third-order valence-electron chi connectivity index (χ3n) is 3.16. The van der Waals surface area contributed by atoms with E-state index < -0.39 is 0 Å². The average Bonchev–Trinajstić information content (AvgIpc) is 2.65. The number of nitrogens with zero attached hydrogens (tertiary/aromatic N) is 1. The summed E-state index contributed by atoms with van der Waals surface area (Å²) in [6.07, 6.45) is 5.50. The molecular formula is C13H13NO2. The molecule has 0 bridgehead atoms. The predicted molar refractivity (Wildman–Crippen MR) is 60.2 cm³/mol. The lowest BCUT2D eigenvalue weighted by Gasteiger charge is -2.22. The van der Waals surface area contributed by atoms with Gasteiger partial charge < -0.3 is 9.52 Å². The number of rotatable bonds is 2. The highest BCUT2D eigenvalue weighted by molar-refractivity contribution is 5.54. The Kier molecular flexibility index (Phi) is 2.17. The van der Waals surface area contributed by atoms with E-state index in [0.717, 1.165) is 11.3 Å². The molecule has 0 aliphatic heterocycles. The van der Waals surface area contributed by atoms with Gasteiger partial charge in [0.2, 0.25) is 5.89 Å². The summed E-state index contributed by atoms with van der Waals surface area (Å²) in [7, 11) is 0. The molecule has 0 spiro atoms. The molecule has 1 heterocycles. The molecule has 0 saturated heterocycles. The fraction of sp³-hybridized carbons (Fsp3) is 0.308. The monoisotopic (exact) mass is 215 g/mol. The van der Waals surface area contributed by atoms with Crippen LogP contribution in [0.2, 0.25) is 0 Å². The lowest BCUT2D eigenvalue weighted by atomic mass is 9.83. The third-order valence-corrected chi connectivity index (χ3v) is 3.16. The van der Waals surface area contributed by atoms with Gasteiger partial charge in [-0.1, -0.05) is 6.42 Å². The van der Waals surface area contributed by atoms with Gasteiger partial charge >= 0.3 is 0 Å². The minimum atomic E-state index is 0.259. The lowest BCUT2D eigenvalue weighted by Crippen LogP contribution is -2.08. The van der Waals surface area contributed by atoms with Crippen molar-refractivity contribution in [2.24, 2.45) is 0 Å². The van der Waals surface area contributed by atoms with E-state index in [9.17, 15) is 5.11 Å². The minimum absolute atomic E-state index is 0.259. The predicted octanol–water partition coefficient (Wildman–Crippen LogP) is 3.31. The Morgan fingerprint density at radius 2 is 1.94 bits per heavy atom. The molecule has 0 atom stereocenters. The van der Waals surface area contributed by atoms with Crippen LogP contribution in [-0.4, -0.2) is 10.1 Å². The number of aromatic hydroxyl groups is 1. The smallest absolute Gasteiger partial charge is 0.226 e. The largest absolute Gasteiger partial charge is 0.508 e. The van der Waals surface area contributed by atoms with Gasteiger partial charge in [-0.25, -0.2) is 4.98 Å². The van der Waals surface area contributed by atoms with Crippen LogP contribution in [0.1, 0.15) is 30.9 Å². The van der Waals surface area contributed by atoms with Gasteiger partial charge in [0.25, 0.3) is 0 Å². The molecule has 1 saturated carbocycles. The fourth-order valence-electron chi connectivity index (χ4n) is 1.91. The SMILES string of the molecule is Oc1ccc(-c2nc(C3CCC3)co2)cc1. The van der Waals surface area contributed by atoms with Crippen molar-refractivity contribution >= 4 is 0 Å². The van der Waals surface area contributed by atoms with Crippen LogP contribution in [0.15, 0.2) is 34.9 Å². The summed E-state index contributed by atoms with van der Waals surface area (Å²) in [5.41, 5.74) is 1.97. The first-order valence-electron chi connectivity index (χ1n) is 5.58. The van der Waals surface area contributed by atoms with Gasteiger partial charge in [0, 0.05) is 11.5 Å². The summed E-state index contributed by atoms with van der Waals surface area (Å²) in [4.78, 5) is 4.48. The van der Waals surface area contributed by atoms with E-state index in [1.165, 1.54) is 19.3 Å². The van der Waals surface area contributed by atoms with E-state index in [1.54, 1.807) is 18.4 Å². The number of benzene rings is 1. The third kappa shape index (κ3) is 1.58.